The van der Waals surface area contributed by atoms with Crippen molar-refractivity contribution in [3.05, 3.63) is 63.9 Å². The second-order valence-corrected chi connectivity index (χ2v) is 8.70. The number of hydrogen-bond donors (Lipinski definition) is 0. The Labute approximate surface area is 171 Å². The standard InChI is InChI=1S/C20H21FN4OS2/c1-14-13-24(8-9-25(14)19(26)12-17-3-2-10-27-17)20-22-18(23-28-20)11-15-4-6-16(21)7-5-15/h2-7,10,14H,8-9,11-13H2,1H3. The Morgan fingerprint density at radius 2 is 2.07 bits per heavy atom. The van der Waals surface area contributed by atoms with E-state index >= 15 is 0 Å². The zero-order chi connectivity index (χ0) is 19.5. The van der Waals surface area contributed by atoms with Crippen molar-refractivity contribution in [2.45, 2.75) is 25.8 Å². The molecule has 1 fully saturated rings. The van der Waals surface area contributed by atoms with E-state index in [1.165, 1.54) is 23.7 Å². The van der Waals surface area contributed by atoms with E-state index in [9.17, 15) is 9.18 Å². The normalized spacial score (nSPS) is 17.1. The zero-order valence-corrected chi connectivity index (χ0v) is 17.2. The lowest BCUT2D eigenvalue weighted by atomic mass is 10.1. The average Bonchev–Trinajstić information content (AvgIpc) is 3.35. The number of carbonyl (C=O) groups excluding carboxylic acids is 1. The molecular weight excluding hydrogens is 395 g/mol. The summed E-state index contributed by atoms with van der Waals surface area (Å²) in [6, 6.07) is 10.5. The molecule has 3 heterocycles. The number of hydrogen-bond acceptors (Lipinski definition) is 6. The van der Waals surface area contributed by atoms with Crippen LogP contribution in [0.25, 0.3) is 0 Å². The van der Waals surface area contributed by atoms with Crippen LogP contribution in [0, 0.1) is 5.82 Å². The molecule has 0 radical (unpaired) electrons. The van der Waals surface area contributed by atoms with Crippen LogP contribution in [0.4, 0.5) is 9.52 Å². The fraction of sp³-hybridized carbons (Fsp3) is 0.350. The zero-order valence-electron chi connectivity index (χ0n) is 15.5. The minimum absolute atomic E-state index is 0.130. The van der Waals surface area contributed by atoms with E-state index in [1.807, 2.05) is 22.4 Å². The molecular formula is C20H21FN4OS2. The Morgan fingerprint density at radius 3 is 2.79 bits per heavy atom. The number of carbonyl (C=O) groups is 1. The molecule has 1 unspecified atom stereocenters. The molecule has 1 aliphatic heterocycles. The predicted molar refractivity (Wildman–Crippen MR) is 111 cm³/mol. The molecule has 5 nitrogen and oxygen atoms in total. The number of piperazine rings is 1. The number of benzene rings is 1. The van der Waals surface area contributed by atoms with Crippen molar-refractivity contribution < 1.29 is 9.18 Å². The first kappa shape index (κ1) is 19.0. The lowest BCUT2D eigenvalue weighted by Crippen LogP contribution is -2.54. The maximum Gasteiger partial charge on any atom is 0.228 e. The van der Waals surface area contributed by atoms with Crippen LogP contribution in [-0.4, -0.2) is 45.8 Å². The fourth-order valence-corrected chi connectivity index (χ4v) is 4.81. The van der Waals surface area contributed by atoms with Gasteiger partial charge < -0.3 is 9.80 Å². The van der Waals surface area contributed by atoms with E-state index in [4.69, 9.17) is 0 Å². The fourth-order valence-electron chi connectivity index (χ4n) is 3.40. The minimum Gasteiger partial charge on any atom is -0.343 e. The molecule has 1 atom stereocenters. The van der Waals surface area contributed by atoms with Gasteiger partial charge >= 0.3 is 0 Å². The molecule has 0 aliphatic carbocycles. The number of halogens is 1. The maximum atomic E-state index is 13.0. The van der Waals surface area contributed by atoms with E-state index in [-0.39, 0.29) is 17.8 Å². The van der Waals surface area contributed by atoms with Gasteiger partial charge in [0, 0.05) is 48.5 Å². The van der Waals surface area contributed by atoms with E-state index in [2.05, 4.69) is 21.2 Å². The molecule has 146 valence electrons. The number of amides is 1. The quantitative estimate of drug-likeness (QED) is 0.638. The summed E-state index contributed by atoms with van der Waals surface area (Å²) < 4.78 is 17.5. The number of anilines is 1. The second-order valence-electron chi connectivity index (χ2n) is 6.93. The Bertz CT molecular complexity index is 926. The number of rotatable bonds is 5. The highest BCUT2D eigenvalue weighted by atomic mass is 32.1. The average molecular weight is 417 g/mol. The highest BCUT2D eigenvalue weighted by Crippen LogP contribution is 2.23. The first-order valence-electron chi connectivity index (χ1n) is 9.22. The molecule has 0 saturated carbocycles. The molecule has 1 aliphatic rings. The molecule has 4 rings (SSSR count). The summed E-state index contributed by atoms with van der Waals surface area (Å²) in [5.41, 5.74) is 0.989. The van der Waals surface area contributed by atoms with Gasteiger partial charge in [0.15, 0.2) is 0 Å². The monoisotopic (exact) mass is 416 g/mol. The number of aromatic nitrogens is 2. The van der Waals surface area contributed by atoms with Gasteiger partial charge in [-0.25, -0.2) is 9.37 Å². The molecule has 0 N–H and O–H groups in total. The minimum atomic E-state index is -0.240. The summed E-state index contributed by atoms with van der Waals surface area (Å²) in [4.78, 5) is 22.5. The summed E-state index contributed by atoms with van der Waals surface area (Å²) in [6.07, 6.45) is 1.06. The summed E-state index contributed by atoms with van der Waals surface area (Å²) >= 11 is 3.01. The van der Waals surface area contributed by atoms with Crippen LogP contribution in [0.15, 0.2) is 41.8 Å². The van der Waals surface area contributed by atoms with Crippen LogP contribution in [-0.2, 0) is 17.6 Å². The second kappa shape index (κ2) is 8.36. The largest absolute Gasteiger partial charge is 0.343 e. The third kappa shape index (κ3) is 4.39. The molecule has 3 aromatic rings. The van der Waals surface area contributed by atoms with E-state index < -0.39 is 0 Å². The molecule has 0 spiro atoms. The lowest BCUT2D eigenvalue weighted by Gasteiger charge is -2.39. The van der Waals surface area contributed by atoms with Crippen LogP contribution in [0.1, 0.15) is 23.2 Å². The molecule has 0 bridgehead atoms. The Morgan fingerprint density at radius 1 is 1.25 bits per heavy atom. The third-order valence-electron chi connectivity index (χ3n) is 4.86. The number of nitrogens with zero attached hydrogens (tertiary/aromatic N) is 4. The summed E-state index contributed by atoms with van der Waals surface area (Å²) in [5.74, 6) is 0.690. The Hall–Kier alpha value is -2.32. The van der Waals surface area contributed by atoms with Crippen LogP contribution in [0.5, 0.6) is 0 Å². The van der Waals surface area contributed by atoms with Crippen molar-refractivity contribution in [3.8, 4) is 0 Å². The predicted octanol–water partition coefficient (Wildman–Crippen LogP) is 3.61. The molecule has 2 aromatic heterocycles. The Balaban J connectivity index is 1.35. The van der Waals surface area contributed by atoms with Gasteiger partial charge in [0.2, 0.25) is 11.0 Å². The molecule has 1 aromatic carbocycles. The van der Waals surface area contributed by atoms with E-state index in [0.717, 1.165) is 34.5 Å². The molecule has 1 saturated heterocycles. The number of thiophene rings is 1. The lowest BCUT2D eigenvalue weighted by molar-refractivity contribution is -0.132. The highest BCUT2D eigenvalue weighted by molar-refractivity contribution is 7.10. The van der Waals surface area contributed by atoms with Gasteiger partial charge in [0.25, 0.3) is 0 Å². The van der Waals surface area contributed by atoms with Crippen molar-refractivity contribution in [1.82, 2.24) is 14.3 Å². The topological polar surface area (TPSA) is 49.3 Å². The van der Waals surface area contributed by atoms with Gasteiger partial charge in [-0.2, -0.15) is 4.37 Å². The van der Waals surface area contributed by atoms with Crippen molar-refractivity contribution >= 4 is 33.9 Å². The first-order valence-corrected chi connectivity index (χ1v) is 10.9. The van der Waals surface area contributed by atoms with Crippen molar-refractivity contribution in [2.75, 3.05) is 24.5 Å². The van der Waals surface area contributed by atoms with Gasteiger partial charge in [-0.15, -0.1) is 11.3 Å². The van der Waals surface area contributed by atoms with Gasteiger partial charge in [0.1, 0.15) is 11.6 Å². The highest BCUT2D eigenvalue weighted by Gasteiger charge is 2.29. The molecule has 8 heteroatoms. The molecule has 28 heavy (non-hydrogen) atoms. The van der Waals surface area contributed by atoms with E-state index in [0.29, 0.717) is 19.4 Å². The Kier molecular flexibility index (Phi) is 5.68. The van der Waals surface area contributed by atoms with Crippen molar-refractivity contribution in [3.63, 3.8) is 0 Å². The van der Waals surface area contributed by atoms with Crippen LogP contribution in [0.2, 0.25) is 0 Å². The maximum absolute atomic E-state index is 13.0. The SMILES string of the molecule is CC1CN(c2nc(Cc3ccc(F)cc3)ns2)CCN1C(=O)Cc1cccs1. The van der Waals surface area contributed by atoms with E-state index in [1.54, 1.807) is 23.5 Å². The summed E-state index contributed by atoms with van der Waals surface area (Å²) in [7, 11) is 0. The van der Waals surface area contributed by atoms with Crippen LogP contribution < -0.4 is 4.90 Å². The van der Waals surface area contributed by atoms with Gasteiger partial charge in [-0.3, -0.25) is 4.79 Å². The summed E-state index contributed by atoms with van der Waals surface area (Å²) in [6.45, 7) is 4.28. The van der Waals surface area contributed by atoms with Crippen LogP contribution in [0.3, 0.4) is 0 Å². The van der Waals surface area contributed by atoms with Crippen molar-refractivity contribution in [1.29, 1.82) is 0 Å². The third-order valence-corrected chi connectivity index (χ3v) is 6.55. The van der Waals surface area contributed by atoms with Crippen LogP contribution >= 0.6 is 22.9 Å². The van der Waals surface area contributed by atoms with Gasteiger partial charge in [-0.05, 0) is 36.1 Å². The first-order chi connectivity index (χ1) is 13.6. The van der Waals surface area contributed by atoms with Gasteiger partial charge in [-0.1, -0.05) is 18.2 Å². The smallest absolute Gasteiger partial charge is 0.228 e. The summed E-state index contributed by atoms with van der Waals surface area (Å²) in [5, 5.41) is 2.89. The van der Waals surface area contributed by atoms with Gasteiger partial charge in [0.05, 0.1) is 6.42 Å². The van der Waals surface area contributed by atoms with Crippen molar-refractivity contribution in [2.24, 2.45) is 0 Å². The molecule has 1 amide bonds.